The molecule has 3 rings (SSSR count). The van der Waals surface area contributed by atoms with E-state index >= 15 is 0 Å². The Morgan fingerprint density at radius 1 is 1.21 bits per heavy atom. The van der Waals surface area contributed by atoms with Crippen molar-refractivity contribution in [2.75, 3.05) is 18.2 Å². The number of nitrogens with one attached hydrogen (secondary N) is 1. The van der Waals surface area contributed by atoms with Crippen LogP contribution in [-0.4, -0.2) is 29.1 Å². The van der Waals surface area contributed by atoms with Gasteiger partial charge in [0.25, 0.3) is 11.5 Å². The van der Waals surface area contributed by atoms with E-state index in [0.717, 1.165) is 17.0 Å². The van der Waals surface area contributed by atoms with Gasteiger partial charge in [-0.3, -0.25) is 14.4 Å². The summed E-state index contributed by atoms with van der Waals surface area (Å²) >= 11 is 1.48. The number of ether oxygens (including phenoxy) is 1. The summed E-state index contributed by atoms with van der Waals surface area (Å²) < 4.78 is 20.8. The van der Waals surface area contributed by atoms with Gasteiger partial charge in [0.15, 0.2) is 12.4 Å². The minimum atomic E-state index is -0.670. The first-order valence-corrected chi connectivity index (χ1v) is 11.6. The number of carbonyl (C=O) groups is 2. The number of para-hydroxylation sites is 1. The third-order valence-electron chi connectivity index (χ3n) is 4.86. The smallest absolute Gasteiger partial charge is 0.268 e. The number of anilines is 1. The Balaban J connectivity index is 1.86. The number of amides is 1. The van der Waals surface area contributed by atoms with Gasteiger partial charge < -0.3 is 14.6 Å². The van der Waals surface area contributed by atoms with Crippen LogP contribution < -0.4 is 15.6 Å². The highest BCUT2D eigenvalue weighted by molar-refractivity contribution is 7.98. The average Bonchev–Trinajstić information content (AvgIpc) is 2.84. The highest BCUT2D eigenvalue weighted by atomic mass is 32.2. The molecule has 7 nitrogen and oxygen atoms in total. The molecule has 0 saturated heterocycles. The molecule has 1 heterocycles. The van der Waals surface area contributed by atoms with E-state index in [2.05, 4.69) is 5.32 Å². The predicted octanol–water partition coefficient (Wildman–Crippen LogP) is 4.24. The Morgan fingerprint density at radius 2 is 1.97 bits per heavy atom. The first-order chi connectivity index (χ1) is 16.4. The second-order valence-corrected chi connectivity index (χ2v) is 8.11. The van der Waals surface area contributed by atoms with E-state index < -0.39 is 29.7 Å². The Kier molecular flexibility index (Phi) is 8.22. The zero-order valence-corrected chi connectivity index (χ0v) is 19.4. The molecule has 0 spiro atoms. The van der Waals surface area contributed by atoms with Crippen molar-refractivity contribution in [3.8, 4) is 11.8 Å². The number of aromatic nitrogens is 1. The fourth-order valence-corrected chi connectivity index (χ4v) is 3.84. The van der Waals surface area contributed by atoms with Gasteiger partial charge in [0.1, 0.15) is 23.2 Å². The number of rotatable bonds is 9. The van der Waals surface area contributed by atoms with Crippen molar-refractivity contribution in [3.05, 3.63) is 87.6 Å². The van der Waals surface area contributed by atoms with Crippen molar-refractivity contribution in [2.45, 2.75) is 24.8 Å². The number of hydrogen-bond acceptors (Lipinski definition) is 6. The second kappa shape index (κ2) is 11.3. The van der Waals surface area contributed by atoms with Crippen molar-refractivity contribution >= 4 is 29.1 Å². The molecule has 0 atom stereocenters. The molecule has 0 aliphatic heterocycles. The van der Waals surface area contributed by atoms with E-state index in [0.29, 0.717) is 18.7 Å². The number of ketones is 1. The van der Waals surface area contributed by atoms with Gasteiger partial charge in [-0.2, -0.15) is 5.26 Å². The summed E-state index contributed by atoms with van der Waals surface area (Å²) in [6.45, 7) is 1.76. The van der Waals surface area contributed by atoms with Crippen LogP contribution in [-0.2, 0) is 11.3 Å². The van der Waals surface area contributed by atoms with Gasteiger partial charge in [-0.05, 0) is 49.1 Å². The minimum Gasteiger partial charge on any atom is -0.483 e. The summed E-state index contributed by atoms with van der Waals surface area (Å²) in [4.78, 5) is 38.8. The number of thioether (sulfide) groups is 1. The largest absolute Gasteiger partial charge is 0.483 e. The molecule has 0 aliphatic rings. The number of nitriles is 1. The fourth-order valence-electron chi connectivity index (χ4n) is 3.29. The molecular weight excluding hydrogens is 457 g/mol. The minimum absolute atomic E-state index is 0.00597. The van der Waals surface area contributed by atoms with Crippen LogP contribution >= 0.6 is 11.8 Å². The van der Waals surface area contributed by atoms with Gasteiger partial charge in [0.05, 0.1) is 11.3 Å². The molecule has 9 heteroatoms. The Hall–Kier alpha value is -3.90. The van der Waals surface area contributed by atoms with Gasteiger partial charge in [0.2, 0.25) is 0 Å². The van der Waals surface area contributed by atoms with Crippen molar-refractivity contribution in [2.24, 2.45) is 0 Å². The Labute approximate surface area is 200 Å². The number of carbonyl (C=O) groups excluding carboxylic acids is 2. The summed E-state index contributed by atoms with van der Waals surface area (Å²) in [6, 6.07) is 13.6. The predicted molar refractivity (Wildman–Crippen MR) is 128 cm³/mol. The van der Waals surface area contributed by atoms with E-state index in [4.69, 9.17) is 4.74 Å². The van der Waals surface area contributed by atoms with Crippen molar-refractivity contribution in [3.63, 3.8) is 0 Å². The van der Waals surface area contributed by atoms with Crippen molar-refractivity contribution < 1.29 is 18.7 Å². The lowest BCUT2D eigenvalue weighted by atomic mass is 10.0. The summed E-state index contributed by atoms with van der Waals surface area (Å²) in [6.07, 6.45) is 3.85. The monoisotopic (exact) mass is 479 g/mol. The summed E-state index contributed by atoms with van der Waals surface area (Å²) in [5.74, 6) is -1.75. The molecule has 1 N–H and O–H groups in total. The molecule has 1 aromatic heterocycles. The molecule has 174 valence electrons. The molecule has 0 fully saturated rings. The standard InChI is InChI=1S/C25H22FN3O4S/c1-3-10-29-14-17(11-16(13-27)25(29)32)24(31)19-12-18(26)8-9-21(19)33-15-23(30)28-20-6-4-5-7-22(20)34-2/h4-9,11-12,14H,3,10,15H2,1-2H3,(H,28,30). The zero-order valence-electron chi connectivity index (χ0n) is 18.6. The van der Waals surface area contributed by atoms with Gasteiger partial charge >= 0.3 is 0 Å². The third-order valence-corrected chi connectivity index (χ3v) is 5.66. The van der Waals surface area contributed by atoms with E-state index in [-0.39, 0.29) is 22.4 Å². The second-order valence-electron chi connectivity index (χ2n) is 7.26. The lowest BCUT2D eigenvalue weighted by molar-refractivity contribution is -0.118. The van der Waals surface area contributed by atoms with Gasteiger partial charge in [-0.15, -0.1) is 11.8 Å². The van der Waals surface area contributed by atoms with E-state index in [1.54, 1.807) is 18.2 Å². The van der Waals surface area contributed by atoms with Crippen LogP contribution in [0.2, 0.25) is 0 Å². The fraction of sp³-hybridized carbons (Fsp3) is 0.200. The SMILES string of the molecule is CCCn1cc(C(=O)c2cc(F)ccc2OCC(=O)Nc2ccccc2SC)cc(C#N)c1=O. The molecule has 1 amide bonds. The number of benzene rings is 2. The van der Waals surface area contributed by atoms with E-state index in [1.807, 2.05) is 25.3 Å². The van der Waals surface area contributed by atoms with E-state index in [9.17, 15) is 24.0 Å². The third kappa shape index (κ3) is 5.71. The average molecular weight is 480 g/mol. The van der Waals surface area contributed by atoms with Gasteiger partial charge in [-0.25, -0.2) is 4.39 Å². The number of hydrogen-bond donors (Lipinski definition) is 1. The Bertz CT molecular complexity index is 1330. The topological polar surface area (TPSA) is 101 Å². The molecule has 34 heavy (non-hydrogen) atoms. The Morgan fingerprint density at radius 3 is 2.68 bits per heavy atom. The summed E-state index contributed by atoms with van der Waals surface area (Å²) in [7, 11) is 0. The van der Waals surface area contributed by atoms with Crippen molar-refractivity contribution in [1.82, 2.24) is 4.57 Å². The number of halogens is 1. The van der Waals surface area contributed by atoms with E-state index in [1.165, 1.54) is 34.7 Å². The highest BCUT2D eigenvalue weighted by Crippen LogP contribution is 2.26. The van der Waals surface area contributed by atoms with Crippen molar-refractivity contribution in [1.29, 1.82) is 5.26 Å². The molecule has 0 bridgehead atoms. The maximum Gasteiger partial charge on any atom is 0.268 e. The molecule has 3 aromatic rings. The first-order valence-electron chi connectivity index (χ1n) is 10.4. The molecule has 0 saturated carbocycles. The zero-order chi connectivity index (χ0) is 24.7. The molecule has 0 aliphatic carbocycles. The number of nitrogens with zero attached hydrogens (tertiary/aromatic N) is 2. The normalized spacial score (nSPS) is 10.4. The molecule has 0 unspecified atom stereocenters. The quantitative estimate of drug-likeness (QED) is 0.364. The number of pyridine rings is 1. The molecular formula is C25H22FN3O4S. The summed E-state index contributed by atoms with van der Waals surface area (Å²) in [5.41, 5.74) is -0.147. The first kappa shape index (κ1) is 24.7. The van der Waals surface area contributed by atoms with Crippen LogP contribution in [0.15, 0.2) is 64.4 Å². The van der Waals surface area contributed by atoms with Crippen LogP contribution in [0.1, 0.15) is 34.8 Å². The molecule has 2 aromatic carbocycles. The van der Waals surface area contributed by atoms with Crippen LogP contribution in [0.4, 0.5) is 10.1 Å². The lowest BCUT2D eigenvalue weighted by Crippen LogP contribution is -2.24. The maximum atomic E-state index is 14.0. The lowest BCUT2D eigenvalue weighted by Gasteiger charge is -2.13. The number of aryl methyl sites for hydroxylation is 1. The van der Waals surface area contributed by atoms with Crippen LogP contribution in [0, 0.1) is 17.1 Å². The molecule has 0 radical (unpaired) electrons. The van der Waals surface area contributed by atoms with Gasteiger partial charge in [0, 0.05) is 23.2 Å². The van der Waals surface area contributed by atoms with Crippen LogP contribution in [0.25, 0.3) is 0 Å². The summed E-state index contributed by atoms with van der Waals surface area (Å²) in [5, 5.41) is 12.0. The maximum absolute atomic E-state index is 14.0. The van der Waals surface area contributed by atoms with Gasteiger partial charge in [-0.1, -0.05) is 19.1 Å². The highest BCUT2D eigenvalue weighted by Gasteiger charge is 2.20. The van der Waals surface area contributed by atoms with Crippen LogP contribution in [0.3, 0.4) is 0 Å². The van der Waals surface area contributed by atoms with Crippen LogP contribution in [0.5, 0.6) is 5.75 Å².